The summed E-state index contributed by atoms with van der Waals surface area (Å²) in [7, 11) is 0. The fourth-order valence-corrected chi connectivity index (χ4v) is 2.50. The monoisotopic (exact) mass is 198 g/mol. The SMILES string of the molecule is CC1CCN(CC(C)CCN)C(C)C1. The molecular formula is C12H26N2. The Hall–Kier alpha value is -0.0800. The topological polar surface area (TPSA) is 29.3 Å². The van der Waals surface area contributed by atoms with Crippen molar-refractivity contribution in [3.8, 4) is 0 Å². The minimum atomic E-state index is 0.760. The summed E-state index contributed by atoms with van der Waals surface area (Å²) in [6, 6.07) is 0.777. The second-order valence-corrected chi connectivity index (χ2v) is 5.16. The maximum absolute atomic E-state index is 5.57. The van der Waals surface area contributed by atoms with Gasteiger partial charge in [-0.05, 0) is 51.1 Å². The van der Waals surface area contributed by atoms with Crippen LogP contribution in [0.2, 0.25) is 0 Å². The molecule has 2 heteroatoms. The van der Waals surface area contributed by atoms with E-state index < -0.39 is 0 Å². The summed E-state index contributed by atoms with van der Waals surface area (Å²) in [5, 5.41) is 0. The molecule has 3 unspecified atom stereocenters. The predicted molar refractivity (Wildman–Crippen MR) is 62.3 cm³/mol. The Balaban J connectivity index is 2.29. The van der Waals surface area contributed by atoms with E-state index in [-0.39, 0.29) is 0 Å². The summed E-state index contributed by atoms with van der Waals surface area (Å²) < 4.78 is 0. The summed E-state index contributed by atoms with van der Waals surface area (Å²) >= 11 is 0. The Morgan fingerprint density at radius 3 is 2.71 bits per heavy atom. The molecule has 0 aromatic rings. The van der Waals surface area contributed by atoms with Gasteiger partial charge in [0.15, 0.2) is 0 Å². The van der Waals surface area contributed by atoms with Gasteiger partial charge in [0.05, 0.1) is 0 Å². The van der Waals surface area contributed by atoms with Gasteiger partial charge in [-0.25, -0.2) is 0 Å². The number of hydrogen-bond donors (Lipinski definition) is 1. The van der Waals surface area contributed by atoms with Gasteiger partial charge in [0.1, 0.15) is 0 Å². The molecule has 1 saturated heterocycles. The summed E-state index contributed by atoms with van der Waals surface area (Å²) in [6.45, 7) is 10.4. The standard InChI is InChI=1S/C12H26N2/c1-10-5-7-14(12(3)8-10)9-11(2)4-6-13/h10-12H,4-9,13H2,1-3H3. The molecule has 3 atom stereocenters. The molecule has 0 aromatic carbocycles. The van der Waals surface area contributed by atoms with Crippen molar-refractivity contribution in [3.05, 3.63) is 0 Å². The Morgan fingerprint density at radius 2 is 2.14 bits per heavy atom. The number of nitrogens with zero attached hydrogens (tertiary/aromatic N) is 1. The van der Waals surface area contributed by atoms with E-state index in [4.69, 9.17) is 5.73 Å². The summed E-state index contributed by atoms with van der Waals surface area (Å²) in [4.78, 5) is 2.64. The van der Waals surface area contributed by atoms with Gasteiger partial charge in [-0.15, -0.1) is 0 Å². The normalized spacial score (nSPS) is 31.7. The average molecular weight is 198 g/mol. The van der Waals surface area contributed by atoms with Crippen LogP contribution in [0.5, 0.6) is 0 Å². The third kappa shape index (κ3) is 3.58. The van der Waals surface area contributed by atoms with E-state index in [1.807, 2.05) is 0 Å². The minimum Gasteiger partial charge on any atom is -0.330 e. The Bertz CT molecular complexity index is 158. The zero-order chi connectivity index (χ0) is 10.6. The molecule has 0 bridgehead atoms. The van der Waals surface area contributed by atoms with Crippen LogP contribution in [0.1, 0.15) is 40.0 Å². The summed E-state index contributed by atoms with van der Waals surface area (Å²) in [5.41, 5.74) is 5.57. The van der Waals surface area contributed by atoms with Crippen LogP contribution < -0.4 is 5.73 Å². The van der Waals surface area contributed by atoms with Crippen molar-refractivity contribution in [3.63, 3.8) is 0 Å². The van der Waals surface area contributed by atoms with Gasteiger partial charge in [-0.2, -0.15) is 0 Å². The quantitative estimate of drug-likeness (QED) is 0.749. The van der Waals surface area contributed by atoms with Crippen molar-refractivity contribution in [1.29, 1.82) is 0 Å². The van der Waals surface area contributed by atoms with Crippen LogP contribution in [0.15, 0.2) is 0 Å². The van der Waals surface area contributed by atoms with Gasteiger partial charge < -0.3 is 10.6 Å². The summed E-state index contributed by atoms with van der Waals surface area (Å²) in [5.74, 6) is 1.68. The highest BCUT2D eigenvalue weighted by Crippen LogP contribution is 2.23. The molecule has 0 saturated carbocycles. The molecule has 1 aliphatic heterocycles. The van der Waals surface area contributed by atoms with E-state index in [2.05, 4.69) is 25.7 Å². The number of piperidine rings is 1. The molecule has 1 rings (SSSR count). The first-order chi connectivity index (χ1) is 6.63. The number of likely N-dealkylation sites (tertiary alicyclic amines) is 1. The van der Waals surface area contributed by atoms with E-state index in [0.29, 0.717) is 0 Å². The number of rotatable bonds is 4. The second kappa shape index (κ2) is 5.72. The van der Waals surface area contributed by atoms with Gasteiger partial charge in [0.2, 0.25) is 0 Å². The van der Waals surface area contributed by atoms with E-state index >= 15 is 0 Å². The molecule has 14 heavy (non-hydrogen) atoms. The van der Waals surface area contributed by atoms with E-state index in [9.17, 15) is 0 Å². The Morgan fingerprint density at radius 1 is 1.43 bits per heavy atom. The van der Waals surface area contributed by atoms with Crippen molar-refractivity contribution < 1.29 is 0 Å². The highest BCUT2D eigenvalue weighted by molar-refractivity contribution is 4.78. The molecule has 1 heterocycles. The van der Waals surface area contributed by atoms with Crippen molar-refractivity contribution in [2.75, 3.05) is 19.6 Å². The molecule has 0 aromatic heterocycles. The smallest absolute Gasteiger partial charge is 0.00695 e. The zero-order valence-corrected chi connectivity index (χ0v) is 10.00. The van der Waals surface area contributed by atoms with Gasteiger partial charge >= 0.3 is 0 Å². The third-order valence-electron chi connectivity index (χ3n) is 3.48. The molecule has 84 valence electrons. The van der Waals surface area contributed by atoms with Crippen molar-refractivity contribution in [2.24, 2.45) is 17.6 Å². The Kier molecular flexibility index (Phi) is 4.90. The lowest BCUT2D eigenvalue weighted by Crippen LogP contribution is -2.42. The molecular weight excluding hydrogens is 172 g/mol. The van der Waals surface area contributed by atoms with Crippen LogP contribution in [0.3, 0.4) is 0 Å². The maximum Gasteiger partial charge on any atom is 0.00695 e. The minimum absolute atomic E-state index is 0.760. The predicted octanol–water partition coefficient (Wildman–Crippen LogP) is 2.09. The first-order valence-corrected chi connectivity index (χ1v) is 6.07. The van der Waals surface area contributed by atoms with Gasteiger partial charge in [0, 0.05) is 12.6 Å². The fraction of sp³-hybridized carbons (Fsp3) is 1.00. The molecule has 0 aliphatic carbocycles. The highest BCUT2D eigenvalue weighted by atomic mass is 15.2. The number of hydrogen-bond acceptors (Lipinski definition) is 2. The van der Waals surface area contributed by atoms with Crippen LogP contribution in [0.25, 0.3) is 0 Å². The van der Waals surface area contributed by atoms with E-state index in [0.717, 1.165) is 24.4 Å². The van der Waals surface area contributed by atoms with Gasteiger partial charge in [-0.3, -0.25) is 0 Å². The van der Waals surface area contributed by atoms with Crippen LogP contribution in [0.4, 0.5) is 0 Å². The first kappa shape index (κ1) is 12.0. The lowest BCUT2D eigenvalue weighted by Gasteiger charge is -2.38. The highest BCUT2D eigenvalue weighted by Gasteiger charge is 2.23. The molecule has 1 aliphatic rings. The van der Waals surface area contributed by atoms with Gasteiger partial charge in [0.25, 0.3) is 0 Å². The molecule has 2 nitrogen and oxygen atoms in total. The molecule has 0 radical (unpaired) electrons. The Labute approximate surface area is 88.8 Å². The molecule has 0 spiro atoms. The van der Waals surface area contributed by atoms with Crippen LogP contribution in [0, 0.1) is 11.8 Å². The zero-order valence-electron chi connectivity index (χ0n) is 10.00. The van der Waals surface area contributed by atoms with Gasteiger partial charge in [-0.1, -0.05) is 13.8 Å². The number of nitrogens with two attached hydrogens (primary N) is 1. The fourth-order valence-electron chi connectivity index (χ4n) is 2.50. The van der Waals surface area contributed by atoms with Crippen molar-refractivity contribution in [2.45, 2.75) is 46.1 Å². The van der Waals surface area contributed by atoms with Crippen molar-refractivity contribution in [1.82, 2.24) is 4.90 Å². The van der Waals surface area contributed by atoms with Crippen LogP contribution in [-0.4, -0.2) is 30.6 Å². The van der Waals surface area contributed by atoms with E-state index in [1.165, 1.54) is 32.4 Å². The van der Waals surface area contributed by atoms with E-state index in [1.54, 1.807) is 0 Å². The third-order valence-corrected chi connectivity index (χ3v) is 3.48. The lowest BCUT2D eigenvalue weighted by atomic mass is 9.92. The lowest BCUT2D eigenvalue weighted by molar-refractivity contribution is 0.111. The summed E-state index contributed by atoms with van der Waals surface area (Å²) in [6.07, 6.45) is 3.91. The van der Waals surface area contributed by atoms with Crippen LogP contribution >= 0.6 is 0 Å². The second-order valence-electron chi connectivity index (χ2n) is 5.16. The molecule has 2 N–H and O–H groups in total. The average Bonchev–Trinajstić information content (AvgIpc) is 2.10. The largest absolute Gasteiger partial charge is 0.330 e. The first-order valence-electron chi connectivity index (χ1n) is 6.07. The maximum atomic E-state index is 5.57. The van der Waals surface area contributed by atoms with Crippen molar-refractivity contribution >= 4 is 0 Å². The molecule has 1 fully saturated rings. The molecule has 0 amide bonds. The van der Waals surface area contributed by atoms with Crippen LogP contribution in [-0.2, 0) is 0 Å².